The van der Waals surface area contributed by atoms with Gasteiger partial charge in [0.25, 0.3) is 0 Å². The van der Waals surface area contributed by atoms with Crippen molar-refractivity contribution in [2.75, 3.05) is 26.3 Å². The van der Waals surface area contributed by atoms with Gasteiger partial charge in [-0.05, 0) is 61.0 Å². The summed E-state index contributed by atoms with van der Waals surface area (Å²) in [6.45, 7) is 5.00. The third-order valence-electron chi connectivity index (χ3n) is 4.63. The molecule has 134 valence electrons. The zero-order valence-corrected chi connectivity index (χ0v) is 15.4. The fourth-order valence-corrected chi connectivity index (χ4v) is 4.32. The first-order chi connectivity index (χ1) is 12.2. The molecule has 4 nitrogen and oxygen atoms in total. The first kappa shape index (κ1) is 18.1. The predicted octanol–water partition coefficient (Wildman–Crippen LogP) is 3.52. The molecule has 1 fully saturated rings. The van der Waals surface area contributed by atoms with E-state index in [-0.39, 0.29) is 12.5 Å². The number of rotatable bonds is 7. The lowest BCUT2D eigenvalue weighted by Gasteiger charge is -2.32. The third kappa shape index (κ3) is 4.69. The maximum Gasteiger partial charge on any atom is 0.177 e. The average molecular weight is 359 g/mol. The largest absolute Gasteiger partial charge is 0.491 e. The fraction of sp³-hybridized carbons (Fsp3) is 0.450. The number of aryl methyl sites for hydroxylation is 1. The lowest BCUT2D eigenvalue weighted by molar-refractivity contribution is 0.0815. The number of ketones is 1. The second-order valence-electron chi connectivity index (χ2n) is 6.59. The van der Waals surface area contributed by atoms with Gasteiger partial charge in [0.05, 0.1) is 11.5 Å². The third-order valence-corrected chi connectivity index (χ3v) is 5.66. The summed E-state index contributed by atoms with van der Waals surface area (Å²) in [5.74, 6) is 1.18. The molecule has 0 bridgehead atoms. The predicted molar refractivity (Wildman–Crippen MR) is 100 cm³/mol. The summed E-state index contributed by atoms with van der Waals surface area (Å²) in [6, 6.07) is 10.0. The highest BCUT2D eigenvalue weighted by molar-refractivity contribution is 7.12. The molecule has 1 aromatic carbocycles. The molecule has 3 rings (SSSR count). The maximum absolute atomic E-state index is 12.8. The van der Waals surface area contributed by atoms with Gasteiger partial charge in [0.2, 0.25) is 0 Å². The number of piperidine rings is 1. The van der Waals surface area contributed by atoms with Gasteiger partial charge < -0.3 is 9.84 Å². The van der Waals surface area contributed by atoms with Crippen LogP contribution < -0.4 is 4.74 Å². The molecule has 5 heteroatoms. The van der Waals surface area contributed by atoms with E-state index in [1.165, 1.54) is 5.56 Å². The molecule has 1 N–H and O–H groups in total. The average Bonchev–Trinajstić information content (AvgIpc) is 3.06. The van der Waals surface area contributed by atoms with Gasteiger partial charge in [0.15, 0.2) is 5.78 Å². The van der Waals surface area contributed by atoms with Crippen LogP contribution in [-0.2, 0) is 6.54 Å². The smallest absolute Gasteiger partial charge is 0.177 e. The van der Waals surface area contributed by atoms with Crippen molar-refractivity contribution in [3.63, 3.8) is 0 Å². The Balaban J connectivity index is 1.62. The van der Waals surface area contributed by atoms with Crippen molar-refractivity contribution in [3.8, 4) is 5.75 Å². The van der Waals surface area contributed by atoms with E-state index in [1.54, 1.807) is 11.3 Å². The molecule has 2 aromatic rings. The van der Waals surface area contributed by atoms with Gasteiger partial charge in [-0.3, -0.25) is 9.69 Å². The van der Waals surface area contributed by atoms with E-state index in [9.17, 15) is 4.79 Å². The summed E-state index contributed by atoms with van der Waals surface area (Å²) >= 11 is 1.56. The highest BCUT2D eigenvalue weighted by Crippen LogP contribution is 2.26. The molecule has 25 heavy (non-hydrogen) atoms. The van der Waals surface area contributed by atoms with E-state index < -0.39 is 0 Å². The number of nitrogens with zero attached hydrogens (tertiary/aromatic N) is 1. The molecule has 1 saturated heterocycles. The molecular weight excluding hydrogens is 334 g/mol. The lowest BCUT2D eigenvalue weighted by atomic mass is 9.92. The van der Waals surface area contributed by atoms with Crippen LogP contribution in [0.25, 0.3) is 0 Å². The van der Waals surface area contributed by atoms with Crippen LogP contribution in [0.1, 0.15) is 33.6 Å². The van der Waals surface area contributed by atoms with Gasteiger partial charge in [0.1, 0.15) is 12.4 Å². The Kier molecular flexibility index (Phi) is 6.24. The second kappa shape index (κ2) is 8.61. The highest BCUT2D eigenvalue weighted by Gasteiger charge is 2.28. The molecule has 0 aliphatic carbocycles. The van der Waals surface area contributed by atoms with E-state index >= 15 is 0 Å². The van der Waals surface area contributed by atoms with E-state index in [0.717, 1.165) is 48.7 Å². The summed E-state index contributed by atoms with van der Waals surface area (Å²) in [5.41, 5.74) is 2.27. The molecule has 1 aliphatic heterocycles. The number of carbonyl (C=O) groups excluding carboxylic acids is 1. The van der Waals surface area contributed by atoms with Crippen LogP contribution in [0, 0.1) is 12.8 Å². The molecule has 2 heterocycles. The molecule has 0 radical (unpaired) electrons. The van der Waals surface area contributed by atoms with Gasteiger partial charge in [-0.1, -0.05) is 12.1 Å². The number of thiophene rings is 1. The number of likely N-dealkylation sites (tertiary alicyclic amines) is 1. The molecule has 0 saturated carbocycles. The second-order valence-corrected chi connectivity index (χ2v) is 7.51. The van der Waals surface area contributed by atoms with Crippen molar-refractivity contribution >= 4 is 17.1 Å². The van der Waals surface area contributed by atoms with Crippen LogP contribution in [0.3, 0.4) is 0 Å². The van der Waals surface area contributed by atoms with E-state index in [0.29, 0.717) is 12.4 Å². The number of carbonyl (C=O) groups is 1. The first-order valence-electron chi connectivity index (χ1n) is 8.80. The number of ether oxygens (including phenoxy) is 1. The molecule has 1 atom stereocenters. The monoisotopic (exact) mass is 359 g/mol. The molecule has 1 unspecified atom stereocenters. The molecule has 1 aromatic heterocycles. The highest BCUT2D eigenvalue weighted by atomic mass is 32.1. The molecule has 0 amide bonds. The lowest BCUT2D eigenvalue weighted by Crippen LogP contribution is -2.38. The van der Waals surface area contributed by atoms with Crippen molar-refractivity contribution in [2.45, 2.75) is 26.3 Å². The van der Waals surface area contributed by atoms with Crippen molar-refractivity contribution < 1.29 is 14.6 Å². The number of benzene rings is 1. The summed E-state index contributed by atoms with van der Waals surface area (Å²) in [5, 5.41) is 10.9. The Morgan fingerprint density at radius 2 is 2.28 bits per heavy atom. The van der Waals surface area contributed by atoms with Crippen molar-refractivity contribution in [2.24, 2.45) is 5.92 Å². The molecular formula is C20H25NO3S. The zero-order valence-electron chi connectivity index (χ0n) is 14.6. The number of hydrogen-bond donors (Lipinski definition) is 1. The first-order valence-corrected chi connectivity index (χ1v) is 9.68. The van der Waals surface area contributed by atoms with Gasteiger partial charge in [-0.15, -0.1) is 11.3 Å². The van der Waals surface area contributed by atoms with Crippen LogP contribution in [0.2, 0.25) is 0 Å². The fourth-order valence-electron chi connectivity index (χ4n) is 3.38. The summed E-state index contributed by atoms with van der Waals surface area (Å²) in [6.07, 6.45) is 2.04. The summed E-state index contributed by atoms with van der Waals surface area (Å²) in [4.78, 5) is 16.1. The zero-order chi connectivity index (χ0) is 17.6. The summed E-state index contributed by atoms with van der Waals surface area (Å²) in [7, 11) is 0. The Morgan fingerprint density at radius 3 is 3.04 bits per heavy atom. The van der Waals surface area contributed by atoms with Crippen LogP contribution >= 0.6 is 11.3 Å². The number of hydrogen-bond acceptors (Lipinski definition) is 5. The van der Waals surface area contributed by atoms with E-state index in [4.69, 9.17) is 9.84 Å². The molecule has 0 spiro atoms. The Labute approximate surface area is 153 Å². The Hall–Kier alpha value is -1.69. The number of Topliss-reactive ketones (excluding diaryl/α,β-unsaturated/α-hetero) is 1. The van der Waals surface area contributed by atoms with Crippen molar-refractivity contribution in [1.29, 1.82) is 0 Å². The minimum Gasteiger partial charge on any atom is -0.491 e. The quantitative estimate of drug-likeness (QED) is 0.769. The standard InChI is InChI=1S/C20H25NO3S/c1-15-7-11-25-20(15)19(23)17-5-3-8-21(14-17)13-16-4-2-6-18(12-16)24-10-9-22/h2,4,6-7,11-12,17,22H,3,5,8-10,13-14H2,1H3. The van der Waals surface area contributed by atoms with Gasteiger partial charge in [-0.2, -0.15) is 0 Å². The van der Waals surface area contributed by atoms with Crippen LogP contribution in [0.15, 0.2) is 35.7 Å². The Bertz CT molecular complexity index is 712. The minimum absolute atomic E-state index is 0.0162. The molecule has 1 aliphatic rings. The normalized spacial score (nSPS) is 18.2. The maximum atomic E-state index is 12.8. The SMILES string of the molecule is Cc1ccsc1C(=O)C1CCCN(Cc2cccc(OCCO)c2)C1. The minimum atomic E-state index is 0.0162. The van der Waals surface area contributed by atoms with Crippen molar-refractivity contribution in [1.82, 2.24) is 4.90 Å². The van der Waals surface area contributed by atoms with Crippen LogP contribution in [0.5, 0.6) is 5.75 Å². The Morgan fingerprint density at radius 1 is 1.40 bits per heavy atom. The number of aliphatic hydroxyl groups excluding tert-OH is 1. The van der Waals surface area contributed by atoms with Gasteiger partial charge in [-0.25, -0.2) is 0 Å². The van der Waals surface area contributed by atoms with Crippen molar-refractivity contribution in [3.05, 3.63) is 51.7 Å². The van der Waals surface area contributed by atoms with Crippen LogP contribution in [-0.4, -0.2) is 42.1 Å². The van der Waals surface area contributed by atoms with E-state index in [2.05, 4.69) is 11.0 Å². The topological polar surface area (TPSA) is 49.8 Å². The van der Waals surface area contributed by atoms with Crippen LogP contribution in [0.4, 0.5) is 0 Å². The van der Waals surface area contributed by atoms with Gasteiger partial charge >= 0.3 is 0 Å². The van der Waals surface area contributed by atoms with Gasteiger partial charge in [0, 0.05) is 19.0 Å². The summed E-state index contributed by atoms with van der Waals surface area (Å²) < 4.78 is 5.49. The van der Waals surface area contributed by atoms with E-state index in [1.807, 2.05) is 36.6 Å². The number of aliphatic hydroxyl groups is 1.